The van der Waals surface area contributed by atoms with Crippen molar-refractivity contribution in [1.29, 1.82) is 0 Å². The maximum atomic E-state index is 15.1. The predicted octanol–water partition coefficient (Wildman–Crippen LogP) is 6.05. The fourth-order valence-electron chi connectivity index (χ4n) is 6.51. The van der Waals surface area contributed by atoms with E-state index in [2.05, 4.69) is 10.3 Å². The summed E-state index contributed by atoms with van der Waals surface area (Å²) >= 11 is 0. The van der Waals surface area contributed by atoms with Gasteiger partial charge in [0.05, 0.1) is 17.0 Å². The van der Waals surface area contributed by atoms with Gasteiger partial charge in [0.1, 0.15) is 11.3 Å². The molecule has 7 nitrogen and oxygen atoms in total. The van der Waals surface area contributed by atoms with Crippen molar-refractivity contribution in [2.45, 2.75) is 71.4 Å². The highest BCUT2D eigenvalue weighted by atomic mass is 19.1. The summed E-state index contributed by atoms with van der Waals surface area (Å²) in [6, 6.07) is 15.1. The Kier molecular flexibility index (Phi) is 7.32. The van der Waals surface area contributed by atoms with Gasteiger partial charge in [-0.2, -0.15) is 0 Å². The lowest BCUT2D eigenvalue weighted by Gasteiger charge is -2.31. The Morgan fingerprint density at radius 3 is 2.63 bits per heavy atom. The maximum Gasteiger partial charge on any atom is 0.307 e. The molecule has 1 amide bonds. The van der Waals surface area contributed by atoms with E-state index in [1.165, 1.54) is 6.07 Å². The van der Waals surface area contributed by atoms with Crippen molar-refractivity contribution in [1.82, 2.24) is 19.9 Å². The minimum atomic E-state index is -0.881. The fraction of sp³-hybridized carbons (Fsp3) is 0.394. The summed E-state index contributed by atoms with van der Waals surface area (Å²) in [5.41, 5.74) is 7.56. The van der Waals surface area contributed by atoms with Crippen LogP contribution < -0.4 is 0 Å². The van der Waals surface area contributed by atoms with Crippen LogP contribution in [0, 0.1) is 18.7 Å². The van der Waals surface area contributed by atoms with Gasteiger partial charge in [-0.3, -0.25) is 9.59 Å². The molecule has 0 unspecified atom stereocenters. The zero-order valence-corrected chi connectivity index (χ0v) is 23.6. The van der Waals surface area contributed by atoms with Gasteiger partial charge >= 0.3 is 5.97 Å². The molecule has 1 N–H and O–H groups in total. The van der Waals surface area contributed by atoms with Crippen molar-refractivity contribution in [3.8, 4) is 0 Å². The molecule has 0 saturated carbocycles. The number of carbonyl (C=O) groups is 2. The second kappa shape index (κ2) is 11.1. The number of hydrogen-bond acceptors (Lipinski definition) is 4. The Hall–Kier alpha value is -4.07. The van der Waals surface area contributed by atoms with Crippen LogP contribution in [0.1, 0.15) is 82.3 Å². The molecule has 0 saturated heterocycles. The van der Waals surface area contributed by atoms with E-state index in [1.54, 1.807) is 17.9 Å². The Morgan fingerprint density at radius 1 is 1.00 bits per heavy atom. The Morgan fingerprint density at radius 2 is 1.83 bits per heavy atom. The zero-order chi connectivity index (χ0) is 28.7. The monoisotopic (exact) mass is 554 g/mol. The van der Waals surface area contributed by atoms with Crippen LogP contribution in [0.25, 0.3) is 11.0 Å². The van der Waals surface area contributed by atoms with E-state index in [-0.39, 0.29) is 11.5 Å². The molecule has 6 heterocycles. The van der Waals surface area contributed by atoms with Gasteiger partial charge in [-0.15, -0.1) is 5.10 Å². The minimum Gasteiger partial charge on any atom is -0.481 e. The number of carbonyl (C=O) groups excluding carboxylic acids is 1. The standard InChI is InChI=1S/C33H35FN4O3/c1-20-26-12-13-29-31(20)35-36-38(29)15-6-4-3-5-7-22-8-11-27(28(34)17-22)32(39)37-16-14-23-9-10-24(18-25(23)19-37)30(26)21(2)33(40)41/h8-13,17-18,21,30H,3-7,14-16,19H2,1-2H3,(H,40,41)/t21-,30+/m0/s1. The average Bonchev–Trinajstić information content (AvgIpc) is 3.38. The summed E-state index contributed by atoms with van der Waals surface area (Å²) in [4.78, 5) is 27.5. The molecule has 4 aromatic rings. The first-order chi connectivity index (χ1) is 19.8. The van der Waals surface area contributed by atoms with Crippen LogP contribution in [-0.4, -0.2) is 43.4 Å². The van der Waals surface area contributed by atoms with E-state index in [0.717, 1.165) is 83.1 Å². The lowest BCUT2D eigenvalue weighted by Crippen LogP contribution is -2.36. The normalized spacial score (nSPS) is 18.6. The number of carboxylic acids is 1. The molecular weight excluding hydrogens is 519 g/mol. The summed E-state index contributed by atoms with van der Waals surface area (Å²) in [6.07, 6.45) is 5.36. The quantitative estimate of drug-likeness (QED) is 0.326. The smallest absolute Gasteiger partial charge is 0.307 e. The number of carboxylic acid groups (broad SMARTS) is 1. The largest absolute Gasteiger partial charge is 0.481 e. The number of halogens is 1. The number of rotatable bonds is 2. The topological polar surface area (TPSA) is 88.3 Å². The molecule has 0 fully saturated rings. The number of aromatic nitrogens is 3. The van der Waals surface area contributed by atoms with Crippen LogP contribution in [-0.2, 0) is 30.7 Å². The van der Waals surface area contributed by atoms with Crippen LogP contribution in [0.5, 0.6) is 0 Å². The second-order valence-electron chi connectivity index (χ2n) is 11.5. The van der Waals surface area contributed by atoms with E-state index in [1.807, 2.05) is 48.0 Å². The van der Waals surface area contributed by atoms with Gasteiger partial charge in [0, 0.05) is 25.6 Å². The van der Waals surface area contributed by atoms with Gasteiger partial charge in [-0.05, 0) is 84.2 Å². The lowest BCUT2D eigenvalue weighted by atomic mass is 9.78. The summed E-state index contributed by atoms with van der Waals surface area (Å²) in [6.45, 7) is 5.34. The molecule has 212 valence electrons. The lowest BCUT2D eigenvalue weighted by molar-refractivity contribution is -0.141. The van der Waals surface area contributed by atoms with Crippen LogP contribution in [0.15, 0.2) is 48.5 Å². The van der Waals surface area contributed by atoms with Crippen LogP contribution in [0.3, 0.4) is 0 Å². The molecule has 1 aromatic heterocycles. The average molecular weight is 555 g/mol. The van der Waals surface area contributed by atoms with Gasteiger partial charge < -0.3 is 10.0 Å². The Bertz CT molecular complexity index is 1650. The Labute approximate surface area is 239 Å². The summed E-state index contributed by atoms with van der Waals surface area (Å²) < 4.78 is 17.1. The van der Waals surface area contributed by atoms with Crippen LogP contribution >= 0.6 is 0 Å². The van der Waals surface area contributed by atoms with E-state index in [4.69, 9.17) is 0 Å². The van der Waals surface area contributed by atoms with E-state index in [9.17, 15) is 14.7 Å². The highest BCUT2D eigenvalue weighted by molar-refractivity contribution is 5.94. The van der Waals surface area contributed by atoms with E-state index >= 15 is 4.39 Å². The van der Waals surface area contributed by atoms with Crippen molar-refractivity contribution in [3.05, 3.63) is 93.3 Å². The van der Waals surface area contributed by atoms with Crippen molar-refractivity contribution in [2.75, 3.05) is 6.54 Å². The molecule has 9 rings (SSSR count). The SMILES string of the molecule is Cc1c2ccc3c1nnn3CCCCCCc1ccc(c(F)c1)C(=O)N1CCc3ccc(cc3C1)[C@H]2[C@H](C)C(=O)O. The number of aliphatic carboxylic acids is 1. The number of aryl methyl sites for hydroxylation is 3. The van der Waals surface area contributed by atoms with E-state index < -0.39 is 23.6 Å². The van der Waals surface area contributed by atoms with Gasteiger partial charge in [0.15, 0.2) is 0 Å². The maximum absolute atomic E-state index is 15.1. The van der Waals surface area contributed by atoms with Crippen LogP contribution in [0.2, 0.25) is 0 Å². The van der Waals surface area contributed by atoms with Gasteiger partial charge in [0.25, 0.3) is 5.91 Å². The molecule has 0 spiro atoms. The third kappa shape index (κ3) is 5.11. The number of hydrogen-bond donors (Lipinski definition) is 1. The summed E-state index contributed by atoms with van der Waals surface area (Å²) in [5, 5.41) is 19.1. The predicted molar refractivity (Wildman–Crippen MR) is 154 cm³/mol. The molecule has 2 atom stereocenters. The molecule has 3 aromatic carbocycles. The van der Waals surface area contributed by atoms with Crippen molar-refractivity contribution < 1.29 is 19.1 Å². The molecular formula is C33H35FN4O3. The van der Waals surface area contributed by atoms with E-state index in [0.29, 0.717) is 19.5 Å². The number of amides is 1. The van der Waals surface area contributed by atoms with Gasteiger partial charge in [0.2, 0.25) is 0 Å². The highest BCUT2D eigenvalue weighted by Gasteiger charge is 2.31. The summed E-state index contributed by atoms with van der Waals surface area (Å²) in [5.74, 6) is -2.78. The number of nitrogens with zero attached hydrogens (tertiary/aromatic N) is 4. The molecule has 9 bridgehead atoms. The van der Waals surface area contributed by atoms with Crippen molar-refractivity contribution in [3.63, 3.8) is 0 Å². The van der Waals surface area contributed by atoms with Crippen molar-refractivity contribution in [2.24, 2.45) is 5.92 Å². The molecule has 41 heavy (non-hydrogen) atoms. The fourth-order valence-corrected chi connectivity index (χ4v) is 6.51. The summed E-state index contributed by atoms with van der Waals surface area (Å²) in [7, 11) is 0. The van der Waals surface area contributed by atoms with Crippen molar-refractivity contribution >= 4 is 22.9 Å². The third-order valence-electron chi connectivity index (χ3n) is 8.95. The second-order valence-corrected chi connectivity index (χ2v) is 11.5. The first-order valence-corrected chi connectivity index (χ1v) is 14.6. The molecule has 0 radical (unpaired) electrons. The number of benzene rings is 3. The zero-order valence-electron chi connectivity index (χ0n) is 23.6. The van der Waals surface area contributed by atoms with Gasteiger partial charge in [-0.1, -0.05) is 55.3 Å². The molecule has 5 aliphatic heterocycles. The highest BCUT2D eigenvalue weighted by Crippen LogP contribution is 2.38. The Balaban J connectivity index is 1.45. The van der Waals surface area contributed by atoms with Gasteiger partial charge in [-0.25, -0.2) is 9.07 Å². The minimum absolute atomic E-state index is 0.0992. The third-order valence-corrected chi connectivity index (χ3v) is 8.95. The van der Waals surface area contributed by atoms with Crippen LogP contribution in [0.4, 0.5) is 4.39 Å². The first kappa shape index (κ1) is 27.1. The molecule has 5 aliphatic rings. The molecule has 0 aliphatic carbocycles. The molecule has 8 heteroatoms. The first-order valence-electron chi connectivity index (χ1n) is 14.6.